The average Bonchev–Trinajstić information content (AvgIpc) is 3.11. The van der Waals surface area contributed by atoms with Gasteiger partial charge in [-0.3, -0.25) is 4.98 Å². The molecule has 0 unspecified atom stereocenters. The molecule has 4 heteroatoms. The van der Waals surface area contributed by atoms with Crippen molar-refractivity contribution in [2.24, 2.45) is 0 Å². The third-order valence-corrected chi connectivity index (χ3v) is 4.16. The molecule has 98 valence electrons. The van der Waals surface area contributed by atoms with Crippen LogP contribution in [0.15, 0.2) is 16.6 Å². The largest absolute Gasteiger partial charge is 0.478 e. The normalized spacial score (nSPS) is 14.9. The lowest BCUT2D eigenvalue weighted by atomic mass is 9.98. The van der Waals surface area contributed by atoms with E-state index in [0.717, 1.165) is 45.0 Å². The Kier molecular flexibility index (Phi) is 2.86. The van der Waals surface area contributed by atoms with Gasteiger partial charge in [-0.25, -0.2) is 4.79 Å². The van der Waals surface area contributed by atoms with Crippen LogP contribution in [0.1, 0.15) is 45.9 Å². The zero-order valence-electron chi connectivity index (χ0n) is 10.8. The quantitative estimate of drug-likeness (QED) is 0.902. The number of aromatic nitrogens is 1. The Hall–Kier alpha value is -1.42. The van der Waals surface area contributed by atoms with Gasteiger partial charge in [-0.15, -0.1) is 0 Å². The zero-order chi connectivity index (χ0) is 13.7. The molecule has 0 saturated heterocycles. The van der Waals surface area contributed by atoms with Gasteiger partial charge in [0.15, 0.2) is 0 Å². The average molecular weight is 320 g/mol. The molecule has 3 nitrogen and oxygen atoms in total. The maximum absolute atomic E-state index is 11.6. The van der Waals surface area contributed by atoms with Crippen molar-refractivity contribution >= 4 is 32.8 Å². The smallest absolute Gasteiger partial charge is 0.336 e. The van der Waals surface area contributed by atoms with E-state index >= 15 is 0 Å². The number of aryl methyl sites for hydroxylation is 1. The summed E-state index contributed by atoms with van der Waals surface area (Å²) in [6.07, 6.45) is 2.24. The van der Waals surface area contributed by atoms with Crippen molar-refractivity contribution in [3.63, 3.8) is 0 Å². The molecule has 2 aromatic rings. The lowest BCUT2D eigenvalue weighted by molar-refractivity contribution is 0.0698. The van der Waals surface area contributed by atoms with Crippen LogP contribution in [-0.4, -0.2) is 16.1 Å². The molecule has 1 aromatic heterocycles. The number of carboxylic acid groups (broad SMARTS) is 1. The van der Waals surface area contributed by atoms with Gasteiger partial charge in [0.2, 0.25) is 0 Å². The Morgan fingerprint density at radius 3 is 2.63 bits per heavy atom. The van der Waals surface area contributed by atoms with Crippen LogP contribution in [-0.2, 0) is 0 Å². The van der Waals surface area contributed by atoms with E-state index in [9.17, 15) is 9.90 Å². The summed E-state index contributed by atoms with van der Waals surface area (Å²) in [6.45, 7) is 3.84. The summed E-state index contributed by atoms with van der Waals surface area (Å²) in [4.78, 5) is 16.3. The van der Waals surface area contributed by atoms with Crippen LogP contribution in [0.4, 0.5) is 0 Å². The molecule has 3 rings (SSSR count). The van der Waals surface area contributed by atoms with Crippen LogP contribution >= 0.6 is 15.9 Å². The number of aromatic carboxylic acids is 1. The lowest BCUT2D eigenvalue weighted by Crippen LogP contribution is -2.07. The van der Waals surface area contributed by atoms with Crippen LogP contribution in [0, 0.1) is 13.8 Å². The minimum Gasteiger partial charge on any atom is -0.478 e. The van der Waals surface area contributed by atoms with E-state index in [-0.39, 0.29) is 0 Å². The lowest BCUT2D eigenvalue weighted by Gasteiger charge is -2.13. The Morgan fingerprint density at radius 2 is 2.05 bits per heavy atom. The van der Waals surface area contributed by atoms with Gasteiger partial charge in [-0.2, -0.15) is 0 Å². The topological polar surface area (TPSA) is 50.2 Å². The van der Waals surface area contributed by atoms with E-state index in [1.54, 1.807) is 0 Å². The van der Waals surface area contributed by atoms with Gasteiger partial charge >= 0.3 is 5.97 Å². The van der Waals surface area contributed by atoms with Gasteiger partial charge in [0.25, 0.3) is 0 Å². The second-order valence-corrected chi connectivity index (χ2v) is 6.11. The number of halogens is 1. The second-order valence-electron chi connectivity index (χ2n) is 5.20. The van der Waals surface area contributed by atoms with Gasteiger partial charge in [0.1, 0.15) is 0 Å². The number of carbonyl (C=O) groups is 1. The fourth-order valence-corrected chi connectivity index (χ4v) is 3.21. The molecule has 0 aliphatic heterocycles. The molecule has 1 fully saturated rings. The first kappa shape index (κ1) is 12.6. The fraction of sp³-hybridized carbons (Fsp3) is 0.333. The van der Waals surface area contributed by atoms with Crippen molar-refractivity contribution in [1.29, 1.82) is 0 Å². The monoisotopic (exact) mass is 319 g/mol. The highest BCUT2D eigenvalue weighted by atomic mass is 79.9. The first-order chi connectivity index (χ1) is 8.99. The number of rotatable bonds is 2. The van der Waals surface area contributed by atoms with Crippen molar-refractivity contribution in [2.75, 3.05) is 0 Å². The molecule has 1 aliphatic carbocycles. The summed E-state index contributed by atoms with van der Waals surface area (Å²) < 4.78 is 0.889. The minimum atomic E-state index is -0.871. The number of nitrogens with zero attached hydrogens (tertiary/aromatic N) is 1. The molecular weight excluding hydrogens is 306 g/mol. The van der Waals surface area contributed by atoms with Gasteiger partial charge < -0.3 is 5.11 Å². The zero-order valence-corrected chi connectivity index (χ0v) is 12.4. The van der Waals surface area contributed by atoms with E-state index < -0.39 is 5.97 Å². The van der Waals surface area contributed by atoms with Gasteiger partial charge in [0.05, 0.1) is 11.1 Å². The predicted molar refractivity (Wildman–Crippen MR) is 77.9 cm³/mol. The molecule has 0 bridgehead atoms. The van der Waals surface area contributed by atoms with Crippen molar-refractivity contribution in [3.8, 4) is 0 Å². The fourth-order valence-electron chi connectivity index (χ4n) is 2.64. The minimum absolute atomic E-state index is 0.399. The van der Waals surface area contributed by atoms with E-state index in [4.69, 9.17) is 4.98 Å². The predicted octanol–water partition coefficient (Wildman–Crippen LogP) is 4.19. The van der Waals surface area contributed by atoms with E-state index in [1.807, 2.05) is 26.0 Å². The van der Waals surface area contributed by atoms with E-state index in [2.05, 4.69) is 15.9 Å². The van der Waals surface area contributed by atoms with Crippen LogP contribution < -0.4 is 0 Å². The first-order valence-corrected chi connectivity index (χ1v) is 7.12. The van der Waals surface area contributed by atoms with E-state index in [1.165, 1.54) is 0 Å². The molecule has 1 aromatic carbocycles. The van der Waals surface area contributed by atoms with Crippen molar-refractivity contribution in [3.05, 3.63) is 39.0 Å². The van der Waals surface area contributed by atoms with Crippen LogP contribution in [0.5, 0.6) is 0 Å². The maximum Gasteiger partial charge on any atom is 0.336 e. The molecule has 0 amide bonds. The number of benzene rings is 1. The second kappa shape index (κ2) is 4.30. The summed E-state index contributed by atoms with van der Waals surface area (Å²) in [7, 11) is 0. The number of fused-ring (bicyclic) bond motifs is 1. The summed E-state index contributed by atoms with van der Waals surface area (Å²) in [5.41, 5.74) is 4.01. The summed E-state index contributed by atoms with van der Waals surface area (Å²) in [5, 5.41) is 10.3. The summed E-state index contributed by atoms with van der Waals surface area (Å²) >= 11 is 3.43. The third-order valence-electron chi connectivity index (χ3n) is 3.70. The number of carboxylic acids is 1. The molecular formula is C15H14BrNO2. The van der Waals surface area contributed by atoms with Crippen LogP contribution in [0.25, 0.3) is 10.9 Å². The maximum atomic E-state index is 11.6. The Balaban J connectivity index is 2.44. The van der Waals surface area contributed by atoms with Gasteiger partial charge in [-0.05, 0) is 49.9 Å². The summed E-state index contributed by atoms with van der Waals surface area (Å²) in [6, 6.07) is 3.83. The van der Waals surface area contributed by atoms with Crippen LogP contribution in [0.3, 0.4) is 0 Å². The van der Waals surface area contributed by atoms with Crippen LogP contribution in [0.2, 0.25) is 0 Å². The number of hydrogen-bond acceptors (Lipinski definition) is 2. The number of hydrogen-bond donors (Lipinski definition) is 1. The van der Waals surface area contributed by atoms with Gasteiger partial charge in [0, 0.05) is 21.5 Å². The number of pyridine rings is 1. The Bertz CT molecular complexity index is 705. The van der Waals surface area contributed by atoms with Crippen molar-refractivity contribution < 1.29 is 9.90 Å². The highest BCUT2D eigenvalue weighted by molar-refractivity contribution is 9.10. The molecule has 1 saturated carbocycles. The van der Waals surface area contributed by atoms with E-state index in [0.29, 0.717) is 11.5 Å². The summed E-state index contributed by atoms with van der Waals surface area (Å²) in [5.74, 6) is -0.421. The SMILES string of the molecule is Cc1c(C2CC2)nc2c(C)cc(Br)cc2c1C(=O)O. The van der Waals surface area contributed by atoms with Crippen molar-refractivity contribution in [2.45, 2.75) is 32.6 Å². The molecule has 1 aliphatic rings. The molecule has 1 heterocycles. The Labute approximate surface area is 119 Å². The molecule has 1 N–H and O–H groups in total. The highest BCUT2D eigenvalue weighted by Crippen LogP contribution is 2.42. The first-order valence-electron chi connectivity index (χ1n) is 6.32. The Morgan fingerprint density at radius 1 is 1.37 bits per heavy atom. The van der Waals surface area contributed by atoms with Gasteiger partial charge in [-0.1, -0.05) is 15.9 Å². The molecule has 0 radical (unpaired) electrons. The molecule has 0 spiro atoms. The standard InChI is InChI=1S/C15H14BrNO2/c1-7-5-10(16)6-11-12(15(18)19)8(2)14(9-3-4-9)17-13(7)11/h5-6,9H,3-4H2,1-2H3,(H,18,19). The van der Waals surface area contributed by atoms with Crippen molar-refractivity contribution in [1.82, 2.24) is 4.98 Å². The third kappa shape index (κ3) is 2.04. The highest BCUT2D eigenvalue weighted by Gasteiger charge is 2.30. The molecule has 0 atom stereocenters. The molecule has 19 heavy (non-hydrogen) atoms.